The second kappa shape index (κ2) is 8.89. The van der Waals surface area contributed by atoms with E-state index in [2.05, 4.69) is 4.98 Å². The van der Waals surface area contributed by atoms with Crippen LogP contribution in [0, 0.1) is 10.1 Å². The molecule has 4 rings (SSSR count). The van der Waals surface area contributed by atoms with Crippen molar-refractivity contribution in [3.05, 3.63) is 103 Å². The quantitative estimate of drug-likeness (QED) is 0.215. The predicted molar refractivity (Wildman–Crippen MR) is 115 cm³/mol. The van der Waals surface area contributed by atoms with Gasteiger partial charge in [-0.25, -0.2) is 9.78 Å². The lowest BCUT2D eigenvalue weighted by atomic mass is 10.1. The van der Waals surface area contributed by atoms with E-state index in [9.17, 15) is 14.9 Å². The van der Waals surface area contributed by atoms with Crippen LogP contribution in [-0.4, -0.2) is 14.5 Å². The Bertz CT molecular complexity index is 1300. The van der Waals surface area contributed by atoms with E-state index >= 15 is 0 Å². The van der Waals surface area contributed by atoms with E-state index in [0.717, 1.165) is 0 Å². The highest BCUT2D eigenvalue weighted by Gasteiger charge is 2.19. The number of non-ortho nitro benzene ring substituents is 1. The van der Waals surface area contributed by atoms with Crippen molar-refractivity contribution in [2.45, 2.75) is 19.3 Å². The van der Waals surface area contributed by atoms with Crippen molar-refractivity contribution in [2.24, 2.45) is 0 Å². The van der Waals surface area contributed by atoms with Crippen molar-refractivity contribution in [1.29, 1.82) is 0 Å². The number of aromatic nitrogens is 2. The third-order valence-corrected chi connectivity index (χ3v) is 5.25. The number of nitrogens with zero attached hydrogens (tertiary/aromatic N) is 3. The summed E-state index contributed by atoms with van der Waals surface area (Å²) in [6, 6.07) is 10.6. The molecule has 0 bridgehead atoms. The number of imidazole rings is 1. The third-order valence-electron chi connectivity index (χ3n) is 4.68. The highest BCUT2D eigenvalue weighted by atomic mass is 35.5. The third kappa shape index (κ3) is 4.77. The molecule has 8 nitrogen and oxygen atoms in total. The fourth-order valence-electron chi connectivity index (χ4n) is 3.15. The summed E-state index contributed by atoms with van der Waals surface area (Å²) in [5.41, 5.74) is 0.508. The zero-order chi connectivity index (χ0) is 22.0. The molecule has 0 amide bonds. The van der Waals surface area contributed by atoms with Crippen molar-refractivity contribution in [3.63, 3.8) is 0 Å². The fourth-order valence-corrected chi connectivity index (χ4v) is 3.68. The number of hydrogen-bond acceptors (Lipinski definition) is 6. The molecule has 0 saturated heterocycles. The van der Waals surface area contributed by atoms with E-state index in [-0.39, 0.29) is 23.4 Å². The smallest absolute Gasteiger partial charge is 0.341 e. The molecular weight excluding hydrogens is 445 g/mol. The van der Waals surface area contributed by atoms with Gasteiger partial charge in [-0.3, -0.25) is 10.1 Å². The SMILES string of the molecule is O=c1oc2ccc([N+](=O)[O-])cc2cc1COC(Cn1ccnc1)c1ccc(Cl)cc1Cl. The van der Waals surface area contributed by atoms with Gasteiger partial charge in [0.05, 0.1) is 30.0 Å². The van der Waals surface area contributed by atoms with Gasteiger partial charge >= 0.3 is 5.63 Å². The van der Waals surface area contributed by atoms with Gasteiger partial charge in [0.2, 0.25) is 0 Å². The van der Waals surface area contributed by atoms with Crippen molar-refractivity contribution < 1.29 is 14.1 Å². The molecule has 0 spiro atoms. The van der Waals surface area contributed by atoms with Crippen LogP contribution >= 0.6 is 23.2 Å². The molecule has 4 aromatic rings. The fraction of sp³-hybridized carbons (Fsp3) is 0.143. The molecule has 2 aromatic carbocycles. The van der Waals surface area contributed by atoms with Gasteiger partial charge in [-0.05, 0) is 24.3 Å². The van der Waals surface area contributed by atoms with Crippen molar-refractivity contribution >= 4 is 39.9 Å². The number of nitro groups is 1. The van der Waals surface area contributed by atoms with Gasteiger partial charge in [-0.2, -0.15) is 0 Å². The summed E-state index contributed by atoms with van der Waals surface area (Å²) in [4.78, 5) is 26.9. The van der Waals surface area contributed by atoms with Gasteiger partial charge in [0.1, 0.15) is 11.7 Å². The van der Waals surface area contributed by atoms with Crippen LogP contribution in [-0.2, 0) is 17.9 Å². The zero-order valence-corrected chi connectivity index (χ0v) is 17.4. The molecule has 31 heavy (non-hydrogen) atoms. The lowest BCUT2D eigenvalue weighted by Crippen LogP contribution is -2.15. The Morgan fingerprint density at radius 3 is 2.74 bits per heavy atom. The predicted octanol–water partition coefficient (Wildman–Crippen LogP) is 5.16. The van der Waals surface area contributed by atoms with Gasteiger partial charge < -0.3 is 13.7 Å². The summed E-state index contributed by atoms with van der Waals surface area (Å²) < 4.78 is 13.2. The molecule has 0 aliphatic rings. The van der Waals surface area contributed by atoms with Crippen LogP contribution in [0.25, 0.3) is 11.0 Å². The average molecular weight is 460 g/mol. The first-order valence-electron chi connectivity index (χ1n) is 9.14. The van der Waals surface area contributed by atoms with Crippen LogP contribution in [0.5, 0.6) is 0 Å². The number of nitro benzene ring substituents is 1. The molecule has 1 atom stereocenters. The number of ether oxygens (including phenoxy) is 1. The minimum atomic E-state index is -0.579. The Labute approximate surface area is 185 Å². The Kier molecular flexibility index (Phi) is 6.03. The minimum Gasteiger partial charge on any atom is -0.422 e. The van der Waals surface area contributed by atoms with E-state index in [1.165, 1.54) is 24.3 Å². The van der Waals surface area contributed by atoms with E-state index < -0.39 is 16.7 Å². The molecule has 158 valence electrons. The van der Waals surface area contributed by atoms with Gasteiger partial charge in [0, 0.05) is 45.5 Å². The van der Waals surface area contributed by atoms with E-state index in [4.69, 9.17) is 32.4 Å². The number of hydrogen-bond donors (Lipinski definition) is 0. The Morgan fingerprint density at radius 1 is 1.19 bits per heavy atom. The zero-order valence-electron chi connectivity index (χ0n) is 15.9. The van der Waals surface area contributed by atoms with Crippen LogP contribution in [0.4, 0.5) is 5.69 Å². The van der Waals surface area contributed by atoms with Gasteiger partial charge in [-0.1, -0.05) is 29.3 Å². The first kappa shape index (κ1) is 21.0. The summed E-state index contributed by atoms with van der Waals surface area (Å²) >= 11 is 12.4. The maximum atomic E-state index is 12.4. The van der Waals surface area contributed by atoms with Crippen LogP contribution in [0.3, 0.4) is 0 Å². The highest BCUT2D eigenvalue weighted by molar-refractivity contribution is 6.35. The Hall–Kier alpha value is -3.20. The first-order valence-corrected chi connectivity index (χ1v) is 9.90. The van der Waals surface area contributed by atoms with Crippen molar-refractivity contribution in [1.82, 2.24) is 9.55 Å². The van der Waals surface area contributed by atoms with E-state index in [0.29, 0.717) is 27.5 Å². The number of benzene rings is 2. The molecule has 2 aromatic heterocycles. The largest absolute Gasteiger partial charge is 0.422 e. The number of halogens is 2. The molecular formula is C21H15Cl2N3O5. The maximum absolute atomic E-state index is 12.4. The number of rotatable bonds is 7. The van der Waals surface area contributed by atoms with Gasteiger partial charge in [0.25, 0.3) is 5.69 Å². The topological polar surface area (TPSA) is 100 Å². The Morgan fingerprint density at radius 2 is 2.03 bits per heavy atom. The second-order valence-electron chi connectivity index (χ2n) is 6.76. The lowest BCUT2D eigenvalue weighted by Gasteiger charge is -2.20. The second-order valence-corrected chi connectivity index (χ2v) is 7.61. The van der Waals surface area contributed by atoms with Crippen molar-refractivity contribution in [3.8, 4) is 0 Å². The average Bonchev–Trinajstić information content (AvgIpc) is 3.24. The summed E-state index contributed by atoms with van der Waals surface area (Å²) in [6.45, 7) is 0.311. The van der Waals surface area contributed by atoms with Crippen LogP contribution in [0.15, 0.2) is 70.4 Å². The molecule has 0 aliphatic heterocycles. The molecule has 0 fully saturated rings. The molecule has 0 N–H and O–H groups in total. The molecule has 0 aliphatic carbocycles. The summed E-state index contributed by atoms with van der Waals surface area (Å²) in [5.74, 6) is 0. The molecule has 0 radical (unpaired) electrons. The first-order chi connectivity index (χ1) is 14.9. The van der Waals surface area contributed by atoms with E-state index in [1.807, 2.05) is 4.57 Å². The van der Waals surface area contributed by atoms with Crippen LogP contribution in [0.2, 0.25) is 10.0 Å². The Balaban J connectivity index is 1.64. The maximum Gasteiger partial charge on any atom is 0.341 e. The minimum absolute atomic E-state index is 0.0840. The van der Waals surface area contributed by atoms with Crippen LogP contribution < -0.4 is 5.63 Å². The molecule has 1 unspecified atom stereocenters. The van der Waals surface area contributed by atoms with Crippen LogP contribution in [0.1, 0.15) is 17.2 Å². The van der Waals surface area contributed by atoms with Gasteiger partial charge in [-0.15, -0.1) is 0 Å². The van der Waals surface area contributed by atoms with Crippen molar-refractivity contribution in [2.75, 3.05) is 0 Å². The molecule has 2 heterocycles. The highest BCUT2D eigenvalue weighted by Crippen LogP contribution is 2.30. The number of fused-ring (bicyclic) bond motifs is 1. The lowest BCUT2D eigenvalue weighted by molar-refractivity contribution is -0.384. The van der Waals surface area contributed by atoms with Gasteiger partial charge in [0.15, 0.2) is 0 Å². The summed E-state index contributed by atoms with van der Waals surface area (Å²) in [6.07, 6.45) is 4.55. The van der Waals surface area contributed by atoms with E-state index in [1.54, 1.807) is 36.9 Å². The summed E-state index contributed by atoms with van der Waals surface area (Å²) in [5, 5.41) is 12.4. The summed E-state index contributed by atoms with van der Waals surface area (Å²) in [7, 11) is 0. The molecule has 0 saturated carbocycles. The normalized spacial score (nSPS) is 12.2. The standard InChI is InChI=1S/C21H15Cl2N3O5/c22-15-1-3-17(18(23)9-15)20(10-25-6-5-24-12-25)30-11-14-7-13-8-16(26(28)29)2-4-19(13)31-21(14)27/h1-9,12,20H,10-11H2. The molecule has 10 heteroatoms. The monoisotopic (exact) mass is 459 g/mol.